The Morgan fingerprint density at radius 1 is 1.44 bits per heavy atom. The highest BCUT2D eigenvalue weighted by Crippen LogP contribution is 2.15. The van der Waals surface area contributed by atoms with Gasteiger partial charge in [0.05, 0.1) is 11.0 Å². The van der Waals surface area contributed by atoms with Gasteiger partial charge in [-0.15, -0.1) is 0 Å². The van der Waals surface area contributed by atoms with Gasteiger partial charge in [0.25, 0.3) is 0 Å². The number of hydrogen-bond donors (Lipinski definition) is 2. The van der Waals surface area contributed by atoms with Gasteiger partial charge in [-0.25, -0.2) is 4.98 Å². The number of nitrogens with one attached hydrogen (secondary N) is 1. The van der Waals surface area contributed by atoms with Crippen molar-refractivity contribution in [2.24, 2.45) is 0 Å². The summed E-state index contributed by atoms with van der Waals surface area (Å²) in [7, 11) is 0. The average molecular weight is 247 g/mol. The molecule has 0 atom stereocenters. The van der Waals surface area contributed by atoms with Gasteiger partial charge in [0.2, 0.25) is 5.91 Å². The molecule has 0 radical (unpaired) electrons. The van der Waals surface area contributed by atoms with E-state index >= 15 is 0 Å². The highest BCUT2D eigenvalue weighted by molar-refractivity contribution is 5.81. The molecule has 5 nitrogen and oxygen atoms in total. The lowest BCUT2D eigenvalue weighted by atomic mass is 10.3. The summed E-state index contributed by atoms with van der Waals surface area (Å²) in [6, 6.07) is 7.64. The Labute approximate surface area is 105 Å². The van der Waals surface area contributed by atoms with E-state index in [-0.39, 0.29) is 25.1 Å². The zero-order chi connectivity index (χ0) is 13.1. The Morgan fingerprint density at radius 2 is 2.17 bits per heavy atom. The van der Waals surface area contributed by atoms with Crippen molar-refractivity contribution >= 4 is 16.9 Å². The highest BCUT2D eigenvalue weighted by Gasteiger charge is 2.12. The maximum atomic E-state index is 11.8. The van der Waals surface area contributed by atoms with Crippen LogP contribution >= 0.6 is 0 Å². The molecule has 1 heterocycles. The molecule has 96 valence electrons. The number of fused-ring (bicyclic) bond motifs is 1. The van der Waals surface area contributed by atoms with Gasteiger partial charge < -0.3 is 15.0 Å². The second kappa shape index (κ2) is 5.18. The molecule has 2 aromatic rings. The van der Waals surface area contributed by atoms with Crippen molar-refractivity contribution in [1.29, 1.82) is 0 Å². The number of para-hydroxylation sites is 2. The zero-order valence-corrected chi connectivity index (χ0v) is 10.6. The summed E-state index contributed by atoms with van der Waals surface area (Å²) in [5, 5.41) is 12.1. The quantitative estimate of drug-likeness (QED) is 0.848. The second-order valence-electron chi connectivity index (χ2n) is 4.48. The van der Waals surface area contributed by atoms with Gasteiger partial charge in [-0.05, 0) is 26.0 Å². The number of carbonyl (C=O) groups excluding carboxylic acids is 1. The van der Waals surface area contributed by atoms with Crippen LogP contribution in [0.2, 0.25) is 0 Å². The van der Waals surface area contributed by atoms with E-state index in [9.17, 15) is 9.90 Å². The number of carbonyl (C=O) groups is 1. The van der Waals surface area contributed by atoms with Crippen LogP contribution in [0.25, 0.3) is 11.0 Å². The van der Waals surface area contributed by atoms with Crippen molar-refractivity contribution in [3.05, 3.63) is 30.1 Å². The molecule has 0 unspecified atom stereocenters. The molecule has 0 fully saturated rings. The molecule has 18 heavy (non-hydrogen) atoms. The third-order valence-corrected chi connectivity index (χ3v) is 2.63. The van der Waals surface area contributed by atoms with E-state index in [0.29, 0.717) is 5.82 Å². The van der Waals surface area contributed by atoms with E-state index < -0.39 is 0 Å². The lowest BCUT2D eigenvalue weighted by Crippen LogP contribution is -2.33. The predicted octanol–water partition coefficient (Wildman–Crippen LogP) is 1.05. The lowest BCUT2D eigenvalue weighted by molar-refractivity contribution is -0.122. The molecular formula is C13H17N3O2. The summed E-state index contributed by atoms with van der Waals surface area (Å²) in [6.45, 7) is 3.83. The molecule has 0 aliphatic rings. The fourth-order valence-electron chi connectivity index (χ4n) is 1.93. The Hall–Kier alpha value is -1.88. The minimum Gasteiger partial charge on any atom is -0.388 e. The Balaban J connectivity index is 2.33. The topological polar surface area (TPSA) is 67.2 Å². The van der Waals surface area contributed by atoms with E-state index in [0.717, 1.165) is 11.0 Å². The number of rotatable bonds is 4. The number of hydrogen-bond acceptors (Lipinski definition) is 3. The second-order valence-corrected chi connectivity index (χ2v) is 4.48. The fraction of sp³-hybridized carbons (Fsp3) is 0.385. The minimum absolute atomic E-state index is 0.0807. The maximum absolute atomic E-state index is 11.8. The van der Waals surface area contributed by atoms with Crippen LogP contribution in [0.3, 0.4) is 0 Å². The summed E-state index contributed by atoms with van der Waals surface area (Å²) in [6.07, 6.45) is 0. The van der Waals surface area contributed by atoms with Gasteiger partial charge in [-0.1, -0.05) is 12.1 Å². The van der Waals surface area contributed by atoms with Crippen LogP contribution < -0.4 is 5.32 Å². The Morgan fingerprint density at radius 3 is 2.83 bits per heavy atom. The van der Waals surface area contributed by atoms with Gasteiger partial charge in [0.1, 0.15) is 19.0 Å². The summed E-state index contributed by atoms with van der Waals surface area (Å²) in [5.74, 6) is 0.429. The van der Waals surface area contributed by atoms with Crippen molar-refractivity contribution in [1.82, 2.24) is 14.9 Å². The summed E-state index contributed by atoms with van der Waals surface area (Å²) >= 11 is 0. The van der Waals surface area contributed by atoms with Crippen LogP contribution in [0.1, 0.15) is 19.7 Å². The van der Waals surface area contributed by atoms with Crippen LogP contribution in [-0.4, -0.2) is 26.6 Å². The van der Waals surface area contributed by atoms with Gasteiger partial charge in [0.15, 0.2) is 0 Å². The van der Waals surface area contributed by atoms with Gasteiger partial charge in [-0.2, -0.15) is 0 Å². The van der Waals surface area contributed by atoms with Crippen molar-refractivity contribution in [2.75, 3.05) is 0 Å². The third-order valence-electron chi connectivity index (χ3n) is 2.63. The number of aromatic nitrogens is 2. The Kier molecular flexibility index (Phi) is 3.62. The van der Waals surface area contributed by atoms with Crippen LogP contribution in [-0.2, 0) is 17.9 Å². The standard InChI is InChI=1S/C13H17N3O2/c1-9(2)14-13(18)7-16-11-6-4-3-5-10(11)15-12(16)8-17/h3-6,9,17H,7-8H2,1-2H3,(H,14,18). The first kappa shape index (κ1) is 12.6. The molecule has 2 N–H and O–H groups in total. The number of imidazole rings is 1. The molecule has 2 rings (SSSR count). The third kappa shape index (κ3) is 2.51. The van der Waals surface area contributed by atoms with Crippen LogP contribution in [0, 0.1) is 0 Å². The van der Waals surface area contributed by atoms with Crippen LogP contribution in [0.15, 0.2) is 24.3 Å². The lowest BCUT2D eigenvalue weighted by Gasteiger charge is -2.11. The largest absolute Gasteiger partial charge is 0.388 e. The first-order valence-corrected chi connectivity index (χ1v) is 5.96. The summed E-state index contributed by atoms with van der Waals surface area (Å²) in [4.78, 5) is 16.1. The number of nitrogens with zero attached hydrogens (tertiary/aromatic N) is 2. The SMILES string of the molecule is CC(C)NC(=O)Cn1c(CO)nc2ccccc21. The molecule has 1 aromatic heterocycles. The maximum Gasteiger partial charge on any atom is 0.240 e. The van der Waals surface area contributed by atoms with Crippen molar-refractivity contribution < 1.29 is 9.90 Å². The number of amides is 1. The van der Waals surface area contributed by atoms with Crippen LogP contribution in [0.5, 0.6) is 0 Å². The van der Waals surface area contributed by atoms with Crippen LogP contribution in [0.4, 0.5) is 0 Å². The van der Waals surface area contributed by atoms with E-state index in [4.69, 9.17) is 0 Å². The van der Waals surface area contributed by atoms with E-state index in [1.54, 1.807) is 4.57 Å². The molecule has 1 amide bonds. The number of aliphatic hydroxyl groups excluding tert-OH is 1. The monoisotopic (exact) mass is 247 g/mol. The molecule has 1 aromatic carbocycles. The zero-order valence-electron chi connectivity index (χ0n) is 10.6. The Bertz CT molecular complexity index is 560. The summed E-state index contributed by atoms with van der Waals surface area (Å²) in [5.41, 5.74) is 1.65. The molecule has 0 aliphatic carbocycles. The normalized spacial score (nSPS) is 11.1. The van der Waals surface area contributed by atoms with E-state index in [1.807, 2.05) is 38.1 Å². The smallest absolute Gasteiger partial charge is 0.240 e. The highest BCUT2D eigenvalue weighted by atomic mass is 16.3. The van der Waals surface area contributed by atoms with E-state index in [2.05, 4.69) is 10.3 Å². The van der Waals surface area contributed by atoms with Crippen molar-refractivity contribution in [2.45, 2.75) is 33.0 Å². The average Bonchev–Trinajstić information content (AvgIpc) is 2.66. The predicted molar refractivity (Wildman–Crippen MR) is 68.9 cm³/mol. The number of aliphatic hydroxyl groups is 1. The fourth-order valence-corrected chi connectivity index (χ4v) is 1.93. The van der Waals surface area contributed by atoms with Gasteiger partial charge in [-0.3, -0.25) is 4.79 Å². The van der Waals surface area contributed by atoms with Gasteiger partial charge in [0, 0.05) is 6.04 Å². The first-order valence-electron chi connectivity index (χ1n) is 5.96. The van der Waals surface area contributed by atoms with Crippen molar-refractivity contribution in [3.8, 4) is 0 Å². The molecule has 0 bridgehead atoms. The molecule has 0 spiro atoms. The molecule has 5 heteroatoms. The molecule has 0 saturated carbocycles. The molecule has 0 saturated heterocycles. The first-order chi connectivity index (χ1) is 8.61. The van der Waals surface area contributed by atoms with Crippen molar-refractivity contribution in [3.63, 3.8) is 0 Å². The van der Waals surface area contributed by atoms with Gasteiger partial charge >= 0.3 is 0 Å². The molecular weight excluding hydrogens is 230 g/mol. The van der Waals surface area contributed by atoms with E-state index in [1.165, 1.54) is 0 Å². The molecule has 0 aliphatic heterocycles. The summed E-state index contributed by atoms with van der Waals surface area (Å²) < 4.78 is 1.74. The number of benzene rings is 1. The minimum atomic E-state index is -0.177.